The summed E-state index contributed by atoms with van der Waals surface area (Å²) in [6.07, 6.45) is 0.269. The van der Waals surface area contributed by atoms with Crippen LogP contribution in [0.1, 0.15) is 33.2 Å². The Hall–Kier alpha value is -4.46. The van der Waals surface area contributed by atoms with Crippen molar-refractivity contribution in [1.82, 2.24) is 9.88 Å². The van der Waals surface area contributed by atoms with Gasteiger partial charge in [-0.05, 0) is 35.4 Å². The number of para-hydroxylation sites is 2. The van der Waals surface area contributed by atoms with Gasteiger partial charge >= 0.3 is 6.03 Å². The van der Waals surface area contributed by atoms with Crippen LogP contribution in [0.3, 0.4) is 0 Å². The van der Waals surface area contributed by atoms with Crippen molar-refractivity contribution < 1.29 is 23.9 Å². The number of urea groups is 1. The molecule has 7 nitrogen and oxygen atoms in total. The molecule has 1 saturated heterocycles. The molecule has 0 saturated carbocycles. The average Bonchev–Trinajstić information content (AvgIpc) is 3.33. The van der Waals surface area contributed by atoms with E-state index in [1.54, 1.807) is 18.2 Å². The Balaban J connectivity index is 1.55. The zero-order valence-electron chi connectivity index (χ0n) is 17.7. The lowest BCUT2D eigenvalue weighted by Gasteiger charge is -2.36. The maximum atomic E-state index is 13.7. The Bertz CT molecular complexity index is 1490. The molecule has 0 radical (unpaired) electrons. The van der Waals surface area contributed by atoms with E-state index >= 15 is 0 Å². The Morgan fingerprint density at radius 3 is 2.44 bits per heavy atom. The summed E-state index contributed by atoms with van der Waals surface area (Å²) in [7, 11) is 0. The van der Waals surface area contributed by atoms with Crippen molar-refractivity contribution in [2.45, 2.75) is 18.5 Å². The molecule has 2 aliphatic heterocycles. The summed E-state index contributed by atoms with van der Waals surface area (Å²) >= 11 is 0. The van der Waals surface area contributed by atoms with Crippen molar-refractivity contribution in [3.63, 3.8) is 0 Å². The minimum absolute atomic E-state index is 0.0294. The number of carboxylic acid groups (broad SMARTS) is 1. The first-order valence-corrected chi connectivity index (χ1v) is 10.8. The number of amides is 3. The van der Waals surface area contributed by atoms with Gasteiger partial charge in [0.1, 0.15) is 17.9 Å². The summed E-state index contributed by atoms with van der Waals surface area (Å²) in [4.78, 5) is 44.8. The standard InChI is InChI=1S/C26H18FN3O4/c27-15-11-9-14(10-12-15)23-22-18(16-5-1-3-7-19(16)28-22)13-21-24(31)30(26(34)29(21)23)20-8-4-2-6-17(20)25(32)33/h1-12,21,23,28H,13H2,(H,32,33)/p-1/t21-,23+/m0/s1. The molecule has 0 unspecified atom stereocenters. The van der Waals surface area contributed by atoms with E-state index in [1.165, 1.54) is 35.2 Å². The fourth-order valence-corrected chi connectivity index (χ4v) is 5.13. The Kier molecular flexibility index (Phi) is 4.32. The van der Waals surface area contributed by atoms with Crippen LogP contribution in [-0.2, 0) is 11.2 Å². The largest absolute Gasteiger partial charge is 0.545 e. The molecular weight excluding hydrogens is 437 g/mol. The molecule has 1 aromatic heterocycles. The van der Waals surface area contributed by atoms with Crippen LogP contribution in [-0.4, -0.2) is 33.8 Å². The van der Waals surface area contributed by atoms with Gasteiger partial charge in [-0.15, -0.1) is 0 Å². The number of nitrogens with zero attached hydrogens (tertiary/aromatic N) is 2. The minimum Gasteiger partial charge on any atom is -0.545 e. The number of anilines is 1. The van der Waals surface area contributed by atoms with Crippen molar-refractivity contribution in [2.24, 2.45) is 0 Å². The van der Waals surface area contributed by atoms with E-state index in [1.807, 2.05) is 24.3 Å². The highest BCUT2D eigenvalue weighted by Crippen LogP contribution is 2.45. The molecule has 168 valence electrons. The molecule has 4 aromatic rings. The average molecular weight is 454 g/mol. The summed E-state index contributed by atoms with van der Waals surface area (Å²) < 4.78 is 13.7. The molecule has 2 atom stereocenters. The van der Waals surface area contributed by atoms with Crippen LogP contribution in [0.5, 0.6) is 0 Å². The van der Waals surface area contributed by atoms with E-state index in [2.05, 4.69) is 4.98 Å². The van der Waals surface area contributed by atoms with Crippen LogP contribution in [0.25, 0.3) is 10.9 Å². The summed E-state index contributed by atoms with van der Waals surface area (Å²) in [5, 5.41) is 12.6. The number of hydrogen-bond acceptors (Lipinski definition) is 4. The number of halogens is 1. The first kappa shape index (κ1) is 20.2. The molecule has 3 heterocycles. The summed E-state index contributed by atoms with van der Waals surface area (Å²) in [5.74, 6) is -2.41. The van der Waals surface area contributed by atoms with Crippen LogP contribution in [0.15, 0.2) is 72.8 Å². The van der Waals surface area contributed by atoms with Gasteiger partial charge in [0.05, 0.1) is 11.7 Å². The number of nitrogens with one attached hydrogen (secondary N) is 1. The number of carbonyl (C=O) groups excluding carboxylic acids is 3. The fourth-order valence-electron chi connectivity index (χ4n) is 5.13. The molecule has 0 bridgehead atoms. The van der Waals surface area contributed by atoms with E-state index in [9.17, 15) is 23.9 Å². The first-order chi connectivity index (χ1) is 16.5. The number of carboxylic acids is 1. The summed E-state index contributed by atoms with van der Waals surface area (Å²) in [5.41, 5.74) is 2.89. The maximum Gasteiger partial charge on any atom is 0.332 e. The highest BCUT2D eigenvalue weighted by Gasteiger charge is 2.53. The van der Waals surface area contributed by atoms with E-state index < -0.39 is 35.8 Å². The third-order valence-electron chi connectivity index (χ3n) is 6.60. The van der Waals surface area contributed by atoms with Crippen LogP contribution < -0.4 is 10.0 Å². The number of H-pyrrole nitrogens is 1. The first-order valence-electron chi connectivity index (χ1n) is 10.8. The molecule has 2 aliphatic rings. The number of fused-ring (bicyclic) bond motifs is 4. The Labute approximate surface area is 193 Å². The van der Waals surface area contributed by atoms with Gasteiger partial charge in [-0.25, -0.2) is 14.1 Å². The second kappa shape index (κ2) is 7.28. The summed E-state index contributed by atoms with van der Waals surface area (Å²) in [6, 6.07) is 17.1. The molecule has 1 fully saturated rings. The monoisotopic (exact) mass is 454 g/mol. The summed E-state index contributed by atoms with van der Waals surface area (Å²) in [6.45, 7) is 0. The van der Waals surface area contributed by atoms with Crippen LogP contribution >= 0.6 is 0 Å². The van der Waals surface area contributed by atoms with Gasteiger partial charge in [-0.2, -0.15) is 0 Å². The number of carbonyl (C=O) groups is 3. The van der Waals surface area contributed by atoms with Crippen LogP contribution in [0.4, 0.5) is 14.9 Å². The predicted molar refractivity (Wildman–Crippen MR) is 120 cm³/mol. The molecule has 0 spiro atoms. The van der Waals surface area contributed by atoms with Crippen molar-refractivity contribution in [3.8, 4) is 0 Å². The van der Waals surface area contributed by atoms with Gasteiger partial charge < -0.3 is 14.9 Å². The van der Waals surface area contributed by atoms with Crippen molar-refractivity contribution >= 4 is 34.5 Å². The van der Waals surface area contributed by atoms with E-state index in [0.717, 1.165) is 27.1 Å². The second-order valence-electron chi connectivity index (χ2n) is 8.40. The van der Waals surface area contributed by atoms with E-state index in [4.69, 9.17) is 0 Å². The smallest absolute Gasteiger partial charge is 0.332 e. The number of rotatable bonds is 3. The topological polar surface area (TPSA) is 96.5 Å². The van der Waals surface area contributed by atoms with Gasteiger partial charge in [-0.3, -0.25) is 9.69 Å². The van der Waals surface area contributed by atoms with Crippen molar-refractivity contribution in [2.75, 3.05) is 4.90 Å². The number of hydrogen-bond donors (Lipinski definition) is 1. The molecule has 34 heavy (non-hydrogen) atoms. The number of aromatic nitrogens is 1. The highest BCUT2D eigenvalue weighted by atomic mass is 19.1. The molecule has 6 rings (SSSR count). The molecule has 3 aromatic carbocycles. The zero-order valence-corrected chi connectivity index (χ0v) is 17.7. The predicted octanol–water partition coefficient (Wildman–Crippen LogP) is 3.15. The Morgan fingerprint density at radius 1 is 0.971 bits per heavy atom. The van der Waals surface area contributed by atoms with E-state index in [0.29, 0.717) is 5.56 Å². The van der Waals surface area contributed by atoms with Gasteiger partial charge in [0, 0.05) is 28.6 Å². The van der Waals surface area contributed by atoms with E-state index in [-0.39, 0.29) is 17.7 Å². The van der Waals surface area contributed by atoms with Gasteiger partial charge in [0.25, 0.3) is 5.91 Å². The second-order valence-corrected chi connectivity index (χ2v) is 8.40. The lowest BCUT2D eigenvalue weighted by Crippen LogP contribution is -2.44. The molecular formula is C26H17FN3O4-. The number of aromatic amines is 1. The quantitative estimate of drug-likeness (QED) is 0.481. The number of aromatic carboxylic acids is 1. The van der Waals surface area contributed by atoms with Crippen molar-refractivity contribution in [1.29, 1.82) is 0 Å². The molecule has 1 N–H and O–H groups in total. The molecule has 8 heteroatoms. The number of imide groups is 1. The van der Waals surface area contributed by atoms with Gasteiger partial charge in [0.15, 0.2) is 0 Å². The maximum absolute atomic E-state index is 13.7. The lowest BCUT2D eigenvalue weighted by molar-refractivity contribution is -0.254. The fraction of sp³-hybridized carbons (Fsp3) is 0.115. The third-order valence-corrected chi connectivity index (χ3v) is 6.60. The van der Waals surface area contributed by atoms with Crippen LogP contribution in [0.2, 0.25) is 0 Å². The minimum atomic E-state index is -1.48. The molecule has 3 amide bonds. The van der Waals surface area contributed by atoms with Crippen molar-refractivity contribution in [3.05, 3.63) is 101 Å². The third kappa shape index (κ3) is 2.78. The highest BCUT2D eigenvalue weighted by molar-refractivity contribution is 6.23. The van der Waals surface area contributed by atoms with Gasteiger partial charge in [0.2, 0.25) is 0 Å². The number of benzene rings is 3. The zero-order chi connectivity index (χ0) is 23.6. The lowest BCUT2D eigenvalue weighted by atomic mass is 9.89. The normalized spacial score (nSPS) is 19.4. The Morgan fingerprint density at radius 2 is 1.68 bits per heavy atom. The van der Waals surface area contributed by atoms with Gasteiger partial charge in [-0.1, -0.05) is 48.5 Å². The molecule has 0 aliphatic carbocycles. The van der Waals surface area contributed by atoms with Crippen LogP contribution in [0, 0.1) is 5.82 Å². The SMILES string of the molecule is O=C([O-])c1ccccc1N1C(=O)[C@@H]2Cc3c([nH]c4ccccc34)[C@@H](c3ccc(F)cc3)N2C1=O.